The highest BCUT2D eigenvalue weighted by Crippen LogP contribution is 2.22. The highest BCUT2D eigenvalue weighted by Gasteiger charge is 2.25. The average molecular weight is 452 g/mol. The minimum Gasteiger partial charge on any atom is -0.501 e. The summed E-state index contributed by atoms with van der Waals surface area (Å²) in [5, 5.41) is 20.1. The molecule has 0 aliphatic rings. The number of nitrogens with one attached hydrogen (secondary N) is 1. The van der Waals surface area contributed by atoms with E-state index in [0.717, 1.165) is 9.30 Å². The Morgan fingerprint density at radius 1 is 1.21 bits per heavy atom. The fraction of sp³-hybridized carbons (Fsp3) is 0.143. The van der Waals surface area contributed by atoms with Crippen LogP contribution in [0.5, 0.6) is 5.75 Å². The SMILES string of the molecule is Cc1nnc(C(=O)N(C)c2cccn3c(=O)c(O)c(C(=O)NCc4ccc(F)cc4)nc23)o1. The Morgan fingerprint density at radius 2 is 1.94 bits per heavy atom. The van der Waals surface area contributed by atoms with Gasteiger partial charge in [0.1, 0.15) is 5.82 Å². The third kappa shape index (κ3) is 4.13. The Balaban J connectivity index is 1.70. The van der Waals surface area contributed by atoms with E-state index < -0.39 is 34.6 Å². The van der Waals surface area contributed by atoms with Crippen molar-refractivity contribution in [2.75, 3.05) is 11.9 Å². The van der Waals surface area contributed by atoms with Crippen LogP contribution in [0.1, 0.15) is 32.6 Å². The highest BCUT2D eigenvalue weighted by molar-refractivity contribution is 6.05. The number of anilines is 1. The third-order valence-electron chi connectivity index (χ3n) is 4.77. The first-order chi connectivity index (χ1) is 15.8. The number of rotatable bonds is 5. The van der Waals surface area contributed by atoms with E-state index in [9.17, 15) is 23.9 Å². The highest BCUT2D eigenvalue weighted by atomic mass is 19.1. The average Bonchev–Trinajstić information content (AvgIpc) is 3.25. The van der Waals surface area contributed by atoms with E-state index in [0.29, 0.717) is 5.56 Å². The van der Waals surface area contributed by atoms with Crippen molar-refractivity contribution in [1.29, 1.82) is 0 Å². The quantitative estimate of drug-likeness (QED) is 0.463. The number of amides is 2. The number of carbonyl (C=O) groups excluding carboxylic acids is 2. The van der Waals surface area contributed by atoms with Crippen LogP contribution in [-0.2, 0) is 6.54 Å². The number of carbonyl (C=O) groups is 2. The zero-order chi connectivity index (χ0) is 23.7. The lowest BCUT2D eigenvalue weighted by molar-refractivity contribution is 0.0940. The normalized spacial score (nSPS) is 10.9. The lowest BCUT2D eigenvalue weighted by Crippen LogP contribution is -2.30. The van der Waals surface area contributed by atoms with Gasteiger partial charge in [-0.05, 0) is 29.8 Å². The van der Waals surface area contributed by atoms with Gasteiger partial charge in [0, 0.05) is 26.7 Å². The molecule has 0 fully saturated rings. The fourth-order valence-corrected chi connectivity index (χ4v) is 3.06. The van der Waals surface area contributed by atoms with Gasteiger partial charge in [-0.15, -0.1) is 10.2 Å². The zero-order valence-corrected chi connectivity index (χ0v) is 17.4. The van der Waals surface area contributed by atoms with Gasteiger partial charge in [-0.3, -0.25) is 18.8 Å². The number of fused-ring (bicyclic) bond motifs is 1. The van der Waals surface area contributed by atoms with E-state index in [1.165, 1.54) is 56.6 Å². The molecule has 168 valence electrons. The van der Waals surface area contributed by atoms with E-state index in [4.69, 9.17) is 4.42 Å². The number of pyridine rings is 1. The number of nitrogens with zero attached hydrogens (tertiary/aromatic N) is 5. The Bertz CT molecular complexity index is 1430. The van der Waals surface area contributed by atoms with Crippen LogP contribution < -0.4 is 15.8 Å². The summed E-state index contributed by atoms with van der Waals surface area (Å²) in [6, 6.07) is 8.42. The molecule has 11 nitrogen and oxygen atoms in total. The predicted molar refractivity (Wildman–Crippen MR) is 112 cm³/mol. The minimum absolute atomic E-state index is 0.0101. The molecular formula is C21H17FN6O5. The Kier molecular flexibility index (Phi) is 5.56. The van der Waals surface area contributed by atoms with Crippen LogP contribution in [0.15, 0.2) is 51.8 Å². The van der Waals surface area contributed by atoms with Crippen molar-refractivity contribution < 1.29 is 23.5 Å². The molecule has 0 aliphatic heterocycles. The second-order valence-corrected chi connectivity index (χ2v) is 7.00. The van der Waals surface area contributed by atoms with Gasteiger partial charge in [-0.2, -0.15) is 0 Å². The number of halogens is 1. The first-order valence-electron chi connectivity index (χ1n) is 9.61. The topological polar surface area (TPSA) is 143 Å². The molecule has 0 atom stereocenters. The summed E-state index contributed by atoms with van der Waals surface area (Å²) >= 11 is 0. The van der Waals surface area contributed by atoms with Crippen molar-refractivity contribution >= 4 is 23.1 Å². The molecule has 3 aromatic heterocycles. The van der Waals surface area contributed by atoms with Gasteiger partial charge in [0.25, 0.3) is 5.91 Å². The molecule has 2 amide bonds. The zero-order valence-electron chi connectivity index (χ0n) is 17.4. The largest absolute Gasteiger partial charge is 0.501 e. The molecule has 0 radical (unpaired) electrons. The van der Waals surface area contributed by atoms with E-state index in [2.05, 4.69) is 20.5 Å². The molecule has 0 saturated heterocycles. The summed E-state index contributed by atoms with van der Waals surface area (Å²) in [6.45, 7) is 1.54. The molecule has 33 heavy (non-hydrogen) atoms. The van der Waals surface area contributed by atoms with Crippen LogP contribution in [0.25, 0.3) is 5.65 Å². The molecule has 2 N–H and O–H groups in total. The third-order valence-corrected chi connectivity index (χ3v) is 4.77. The monoisotopic (exact) mass is 452 g/mol. The van der Waals surface area contributed by atoms with Crippen LogP contribution in [0, 0.1) is 12.7 Å². The van der Waals surface area contributed by atoms with Crippen LogP contribution in [-0.4, -0.2) is 43.6 Å². The van der Waals surface area contributed by atoms with Gasteiger partial charge in [0.15, 0.2) is 11.3 Å². The van der Waals surface area contributed by atoms with Gasteiger partial charge in [-0.1, -0.05) is 12.1 Å². The maximum absolute atomic E-state index is 13.1. The molecular weight excluding hydrogens is 435 g/mol. The van der Waals surface area contributed by atoms with Gasteiger partial charge in [-0.25, -0.2) is 9.37 Å². The standard InChI is InChI=1S/C21H17FN6O5/c1-11-25-26-19(33-11)21(32)27(2)14-4-3-9-28-17(14)24-15(16(29)20(28)31)18(30)23-10-12-5-7-13(22)8-6-12/h3-9,29H,10H2,1-2H3,(H,23,30). The molecule has 0 bridgehead atoms. The van der Waals surface area contributed by atoms with Crippen molar-refractivity contribution in [3.8, 4) is 5.75 Å². The number of aromatic nitrogens is 4. The predicted octanol–water partition coefficient (Wildman–Crippen LogP) is 1.44. The smallest absolute Gasteiger partial charge is 0.315 e. The number of benzene rings is 1. The maximum atomic E-state index is 13.1. The lowest BCUT2D eigenvalue weighted by atomic mass is 10.2. The van der Waals surface area contributed by atoms with Crippen molar-refractivity contribution in [3.63, 3.8) is 0 Å². The molecule has 3 heterocycles. The maximum Gasteiger partial charge on any atom is 0.315 e. The molecule has 1 aromatic carbocycles. The second kappa shape index (κ2) is 8.49. The number of hydrogen-bond donors (Lipinski definition) is 2. The van der Waals surface area contributed by atoms with Crippen LogP contribution in [0.2, 0.25) is 0 Å². The summed E-state index contributed by atoms with van der Waals surface area (Å²) in [5.41, 5.74) is -0.725. The Morgan fingerprint density at radius 3 is 2.61 bits per heavy atom. The minimum atomic E-state index is -0.900. The van der Waals surface area contributed by atoms with E-state index >= 15 is 0 Å². The second-order valence-electron chi connectivity index (χ2n) is 7.00. The summed E-state index contributed by atoms with van der Waals surface area (Å²) in [4.78, 5) is 43.4. The summed E-state index contributed by atoms with van der Waals surface area (Å²) in [7, 11) is 1.41. The molecule has 4 aromatic rings. The first kappa shape index (κ1) is 21.6. The van der Waals surface area contributed by atoms with E-state index in [1.54, 1.807) is 0 Å². The molecule has 4 rings (SSSR count). The first-order valence-corrected chi connectivity index (χ1v) is 9.61. The van der Waals surface area contributed by atoms with Crippen LogP contribution in [0.3, 0.4) is 0 Å². The number of aromatic hydroxyl groups is 1. The van der Waals surface area contributed by atoms with Crippen LogP contribution >= 0.6 is 0 Å². The lowest BCUT2D eigenvalue weighted by Gasteiger charge is -2.17. The van der Waals surface area contributed by atoms with Crippen LogP contribution in [0.4, 0.5) is 10.1 Å². The van der Waals surface area contributed by atoms with Gasteiger partial charge < -0.3 is 19.7 Å². The Hall–Kier alpha value is -4.61. The van der Waals surface area contributed by atoms with E-state index in [1.807, 2.05) is 0 Å². The van der Waals surface area contributed by atoms with Gasteiger partial charge in [0.2, 0.25) is 11.6 Å². The van der Waals surface area contributed by atoms with E-state index in [-0.39, 0.29) is 29.7 Å². The summed E-state index contributed by atoms with van der Waals surface area (Å²) < 4.78 is 19.2. The van der Waals surface area contributed by atoms with Crippen molar-refractivity contribution in [2.45, 2.75) is 13.5 Å². The number of aryl methyl sites for hydroxylation is 1. The molecule has 0 saturated carbocycles. The van der Waals surface area contributed by atoms with Gasteiger partial charge in [0.05, 0.1) is 5.69 Å². The molecule has 0 aliphatic carbocycles. The summed E-state index contributed by atoms with van der Waals surface area (Å²) in [5.74, 6) is -2.84. The fourth-order valence-electron chi connectivity index (χ4n) is 3.06. The molecule has 0 spiro atoms. The molecule has 12 heteroatoms. The molecule has 0 unspecified atom stereocenters. The van der Waals surface area contributed by atoms with Crippen molar-refractivity contribution in [3.05, 3.63) is 81.8 Å². The van der Waals surface area contributed by atoms with Crippen molar-refractivity contribution in [1.82, 2.24) is 24.9 Å². The Labute approximate surface area is 185 Å². The van der Waals surface area contributed by atoms with Crippen molar-refractivity contribution in [2.24, 2.45) is 0 Å². The number of hydrogen-bond acceptors (Lipinski definition) is 8. The van der Waals surface area contributed by atoms with Gasteiger partial charge >= 0.3 is 17.4 Å². The summed E-state index contributed by atoms with van der Waals surface area (Å²) in [6.07, 6.45) is 1.34.